The first kappa shape index (κ1) is 55.0. The van der Waals surface area contributed by atoms with E-state index in [1.165, 1.54) is 57.8 Å². The Morgan fingerprint density at radius 1 is 0.632 bits per heavy atom. The predicted octanol–water partition coefficient (Wildman–Crippen LogP) is 9.11. The van der Waals surface area contributed by atoms with Crippen LogP contribution in [0, 0.1) is 5.92 Å². The van der Waals surface area contributed by atoms with Crippen LogP contribution in [0.1, 0.15) is 149 Å². The maximum absolute atomic E-state index is 12.6. The monoisotopic (exact) mass is 852 g/mol. The van der Waals surface area contributed by atoms with Gasteiger partial charge in [0.1, 0.15) is 12.7 Å². The number of allylic oxidation sites excluding steroid dienone is 6. The number of aliphatic hydroxyl groups is 2. The summed E-state index contributed by atoms with van der Waals surface area (Å²) < 4.78 is 47.6. The first-order valence-corrected chi connectivity index (χ1v) is 23.8. The first-order chi connectivity index (χ1) is 27.1. The summed E-state index contributed by atoms with van der Waals surface area (Å²) in [6.45, 7) is 3.84. The van der Waals surface area contributed by atoms with Crippen LogP contribution < -0.4 is 0 Å². The van der Waals surface area contributed by atoms with Crippen molar-refractivity contribution in [3.63, 3.8) is 0 Å². The molecule has 5 N–H and O–H groups in total. The molecule has 16 heteroatoms. The van der Waals surface area contributed by atoms with Gasteiger partial charge in [-0.1, -0.05) is 140 Å². The minimum absolute atomic E-state index is 0.0231. The Balaban J connectivity index is 4.72. The molecule has 0 aliphatic heterocycles. The van der Waals surface area contributed by atoms with E-state index in [4.69, 9.17) is 23.8 Å². The summed E-state index contributed by atoms with van der Waals surface area (Å²) in [6, 6.07) is 0. The Bertz CT molecular complexity index is 1230. The molecule has 0 radical (unpaired) electrons. The lowest BCUT2D eigenvalue weighted by atomic mass is 10.0. The molecule has 0 bridgehead atoms. The van der Waals surface area contributed by atoms with Crippen molar-refractivity contribution in [3.8, 4) is 0 Å². The Labute approximate surface area is 342 Å². The van der Waals surface area contributed by atoms with Gasteiger partial charge >= 0.3 is 27.6 Å². The topological polar surface area (TPSA) is 216 Å². The van der Waals surface area contributed by atoms with E-state index in [0.717, 1.165) is 31.6 Å². The lowest BCUT2D eigenvalue weighted by molar-refractivity contribution is -0.161. The standard InChI is InChI=1S/C41H74O14P2/c1-4-5-6-7-18-23-28-37(42)29-24-19-14-11-12-16-21-26-31-41(45)55-39(35-54-57(49,50)53-33-38(43)32-52-56(46,47)48)34-51-40(44)30-25-20-15-10-8-9-13-17-22-27-36(2)3/h12,14,16,18-19,23-24,29,36-39,42-43H,4-11,13,15,17,20-22,25-28,30-35H2,1-3H3,(H,49,50)(H2,46,47,48)/b16-12-,19-14-,23-18-,29-24+/t37-,38-,39+/m0/s1. The van der Waals surface area contributed by atoms with E-state index < -0.39 is 72.3 Å². The van der Waals surface area contributed by atoms with Crippen molar-refractivity contribution in [2.24, 2.45) is 5.92 Å². The summed E-state index contributed by atoms with van der Waals surface area (Å²) in [5.74, 6) is -0.387. The van der Waals surface area contributed by atoms with E-state index in [-0.39, 0.29) is 12.8 Å². The third kappa shape index (κ3) is 40.6. The normalized spacial score (nSPS) is 15.2. The molecule has 0 saturated carbocycles. The second kappa shape index (κ2) is 35.9. The molecular weight excluding hydrogens is 778 g/mol. The summed E-state index contributed by atoms with van der Waals surface area (Å²) in [6.07, 6.45) is 30.2. The molecule has 0 heterocycles. The molecule has 0 aromatic carbocycles. The SMILES string of the molecule is CCCCC/C=C\C[C@H](O)/C=C/C=C\C/C=C\CCCC(=O)O[C@H](COC(=O)CCCCCCCCCCCC(C)C)COP(=O)(O)OC[C@@H](O)COP(=O)(O)O. The number of hydrogen-bond donors (Lipinski definition) is 5. The van der Waals surface area contributed by atoms with Crippen LogP contribution in [0.4, 0.5) is 0 Å². The number of ether oxygens (including phenoxy) is 2. The van der Waals surface area contributed by atoms with Gasteiger partial charge in [0, 0.05) is 12.8 Å². The van der Waals surface area contributed by atoms with Crippen molar-refractivity contribution in [1.29, 1.82) is 0 Å². The number of hydrogen-bond acceptors (Lipinski definition) is 11. The van der Waals surface area contributed by atoms with Gasteiger partial charge in [0.15, 0.2) is 6.10 Å². The van der Waals surface area contributed by atoms with E-state index in [1.54, 1.807) is 6.08 Å². The van der Waals surface area contributed by atoms with Gasteiger partial charge in [-0.3, -0.25) is 23.2 Å². The molecule has 0 aliphatic carbocycles. The number of rotatable bonds is 38. The van der Waals surface area contributed by atoms with Crippen LogP contribution >= 0.6 is 15.6 Å². The molecule has 0 aromatic rings. The molecule has 0 rings (SSSR count). The van der Waals surface area contributed by atoms with Crippen LogP contribution in [0.2, 0.25) is 0 Å². The Morgan fingerprint density at radius 3 is 1.89 bits per heavy atom. The molecule has 1 unspecified atom stereocenters. The largest absolute Gasteiger partial charge is 0.472 e. The van der Waals surface area contributed by atoms with Gasteiger partial charge in [0.05, 0.1) is 25.9 Å². The minimum atomic E-state index is -4.87. The number of aliphatic hydroxyl groups excluding tert-OH is 2. The van der Waals surface area contributed by atoms with Crippen molar-refractivity contribution < 1.29 is 66.7 Å². The fourth-order valence-electron chi connectivity index (χ4n) is 5.26. The quantitative estimate of drug-likeness (QED) is 0.0129. The number of unbranched alkanes of at least 4 members (excludes halogenated alkanes) is 12. The smallest absolute Gasteiger partial charge is 0.462 e. The van der Waals surface area contributed by atoms with Gasteiger partial charge in [-0.25, -0.2) is 9.13 Å². The van der Waals surface area contributed by atoms with E-state index >= 15 is 0 Å². The molecule has 4 atom stereocenters. The zero-order valence-corrected chi connectivity index (χ0v) is 36.5. The van der Waals surface area contributed by atoms with Crippen LogP contribution in [-0.4, -0.2) is 81.6 Å². The number of phosphoric ester groups is 2. The van der Waals surface area contributed by atoms with Gasteiger partial charge < -0.3 is 34.4 Å². The summed E-state index contributed by atoms with van der Waals surface area (Å²) in [4.78, 5) is 52.5. The Morgan fingerprint density at radius 2 is 1.23 bits per heavy atom. The molecule has 57 heavy (non-hydrogen) atoms. The third-order valence-corrected chi connectivity index (χ3v) is 9.91. The molecule has 0 fully saturated rings. The van der Waals surface area contributed by atoms with Crippen LogP contribution in [-0.2, 0) is 41.8 Å². The fourth-order valence-corrected chi connectivity index (χ4v) is 6.41. The van der Waals surface area contributed by atoms with Gasteiger partial charge in [-0.15, -0.1) is 0 Å². The maximum atomic E-state index is 12.6. The van der Waals surface area contributed by atoms with E-state index in [2.05, 4.69) is 35.9 Å². The molecule has 0 spiro atoms. The van der Waals surface area contributed by atoms with Crippen LogP contribution in [0.5, 0.6) is 0 Å². The highest BCUT2D eigenvalue weighted by molar-refractivity contribution is 7.47. The molecule has 332 valence electrons. The van der Waals surface area contributed by atoms with Crippen molar-refractivity contribution in [2.75, 3.05) is 26.4 Å². The Hall–Kier alpha value is -1.96. The van der Waals surface area contributed by atoms with Gasteiger partial charge in [0.2, 0.25) is 0 Å². The third-order valence-electron chi connectivity index (χ3n) is 8.47. The van der Waals surface area contributed by atoms with E-state index in [1.807, 2.05) is 36.5 Å². The highest BCUT2D eigenvalue weighted by atomic mass is 31.2. The molecule has 0 saturated heterocycles. The Kier molecular flexibility index (Phi) is 34.7. The zero-order chi connectivity index (χ0) is 42.6. The lowest BCUT2D eigenvalue weighted by Crippen LogP contribution is -2.29. The van der Waals surface area contributed by atoms with Crippen LogP contribution in [0.25, 0.3) is 0 Å². The lowest BCUT2D eigenvalue weighted by Gasteiger charge is -2.20. The average molecular weight is 853 g/mol. The summed E-state index contributed by atoms with van der Waals surface area (Å²) >= 11 is 0. The van der Waals surface area contributed by atoms with E-state index in [0.29, 0.717) is 32.1 Å². The number of esters is 2. The van der Waals surface area contributed by atoms with Crippen molar-refractivity contribution in [2.45, 2.75) is 167 Å². The van der Waals surface area contributed by atoms with E-state index in [9.17, 15) is 33.8 Å². The molecular formula is C41H74O14P2. The van der Waals surface area contributed by atoms with Gasteiger partial charge in [-0.05, 0) is 50.9 Å². The van der Waals surface area contributed by atoms with Crippen LogP contribution in [0.3, 0.4) is 0 Å². The summed E-state index contributed by atoms with van der Waals surface area (Å²) in [7, 11) is -9.71. The summed E-state index contributed by atoms with van der Waals surface area (Å²) in [5.41, 5.74) is 0. The molecule has 0 aliphatic rings. The summed E-state index contributed by atoms with van der Waals surface area (Å²) in [5, 5.41) is 19.8. The second-order valence-electron chi connectivity index (χ2n) is 14.6. The minimum Gasteiger partial charge on any atom is -0.462 e. The first-order valence-electron chi connectivity index (χ1n) is 20.8. The predicted molar refractivity (Wildman–Crippen MR) is 222 cm³/mol. The highest BCUT2D eigenvalue weighted by Crippen LogP contribution is 2.43. The number of carbonyl (C=O) groups excluding carboxylic acids is 2. The maximum Gasteiger partial charge on any atom is 0.472 e. The van der Waals surface area contributed by atoms with Gasteiger partial charge in [-0.2, -0.15) is 0 Å². The highest BCUT2D eigenvalue weighted by Gasteiger charge is 2.28. The van der Waals surface area contributed by atoms with Crippen LogP contribution in [0.15, 0.2) is 48.6 Å². The van der Waals surface area contributed by atoms with Crippen molar-refractivity contribution in [1.82, 2.24) is 0 Å². The average Bonchev–Trinajstić information content (AvgIpc) is 3.15. The number of phosphoric acid groups is 2. The zero-order valence-electron chi connectivity index (χ0n) is 34.7. The molecule has 0 aromatic heterocycles. The molecule has 14 nitrogen and oxygen atoms in total. The molecule has 0 amide bonds. The fraction of sp³-hybridized carbons (Fsp3) is 0.756. The van der Waals surface area contributed by atoms with Crippen molar-refractivity contribution in [3.05, 3.63) is 48.6 Å². The van der Waals surface area contributed by atoms with Crippen molar-refractivity contribution >= 4 is 27.6 Å². The number of carbonyl (C=O) groups is 2. The second-order valence-corrected chi connectivity index (χ2v) is 17.3. The van der Waals surface area contributed by atoms with Gasteiger partial charge in [0.25, 0.3) is 0 Å².